The molecule has 2 rings (SSSR count). The van der Waals surface area contributed by atoms with Crippen molar-refractivity contribution in [1.82, 2.24) is 0 Å². The summed E-state index contributed by atoms with van der Waals surface area (Å²) in [6, 6.07) is 4.26. The average Bonchev–Trinajstić information content (AvgIpc) is 3.28. The van der Waals surface area contributed by atoms with E-state index in [2.05, 4.69) is 10.0 Å². The molecule has 0 bridgehead atoms. The van der Waals surface area contributed by atoms with Gasteiger partial charge in [-0.1, -0.05) is 18.1 Å². The lowest BCUT2D eigenvalue weighted by Gasteiger charge is -2.26. The number of benzene rings is 1. The molecule has 1 aliphatic carbocycles. The van der Waals surface area contributed by atoms with Gasteiger partial charge in [0, 0.05) is 4.91 Å². The van der Waals surface area contributed by atoms with E-state index in [4.69, 9.17) is 10.3 Å². The van der Waals surface area contributed by atoms with E-state index in [1.54, 1.807) is 6.92 Å². The lowest BCUT2D eigenvalue weighted by Crippen LogP contribution is -2.28. The summed E-state index contributed by atoms with van der Waals surface area (Å²) in [5, 5.41) is 13.9. The molecule has 5 nitrogen and oxygen atoms in total. The largest absolute Gasteiger partial charge is 0.490 e. The predicted molar refractivity (Wildman–Crippen MR) is 72.8 cm³/mol. The van der Waals surface area contributed by atoms with Crippen LogP contribution in [0.1, 0.15) is 31.7 Å². The minimum absolute atomic E-state index is 0.0896. The minimum atomic E-state index is -1.29. The highest BCUT2D eigenvalue weighted by molar-refractivity contribution is 5.34. The Kier molecular flexibility index (Phi) is 4.47. The van der Waals surface area contributed by atoms with Crippen LogP contribution in [0.5, 0.6) is 5.75 Å². The van der Waals surface area contributed by atoms with Gasteiger partial charge in [0.2, 0.25) is 0 Å². The van der Waals surface area contributed by atoms with Crippen molar-refractivity contribution in [3.05, 3.63) is 40.0 Å². The molecule has 0 radical (unpaired) electrons. The molecule has 1 N–H and O–H groups in total. The third kappa shape index (κ3) is 3.40. The lowest BCUT2D eigenvalue weighted by atomic mass is 9.91. The molecule has 0 unspecified atom stereocenters. The summed E-state index contributed by atoms with van der Waals surface area (Å²) in [5.74, 6) is 0.213. The van der Waals surface area contributed by atoms with Gasteiger partial charge in [-0.05, 0) is 48.4 Å². The van der Waals surface area contributed by atoms with Gasteiger partial charge in [-0.25, -0.2) is 4.39 Å². The number of hydrogen-bond acceptors (Lipinski definition) is 3. The monoisotopic (exact) mass is 279 g/mol. The zero-order valence-corrected chi connectivity index (χ0v) is 11.4. The topological polar surface area (TPSA) is 78.2 Å². The maximum absolute atomic E-state index is 13.7. The van der Waals surface area contributed by atoms with Gasteiger partial charge in [0.1, 0.15) is 0 Å². The normalized spacial score (nSPS) is 17.1. The third-order valence-electron chi connectivity index (χ3n) is 3.62. The first-order valence-electron chi connectivity index (χ1n) is 6.75. The fraction of sp³-hybridized carbons (Fsp3) is 0.571. The van der Waals surface area contributed by atoms with Crippen LogP contribution in [0.25, 0.3) is 10.4 Å². The Morgan fingerprint density at radius 2 is 2.30 bits per heavy atom. The van der Waals surface area contributed by atoms with E-state index >= 15 is 0 Å². The number of ether oxygens (including phenoxy) is 1. The molecule has 1 aliphatic rings. The van der Waals surface area contributed by atoms with Gasteiger partial charge in [-0.3, -0.25) is 0 Å². The summed E-state index contributed by atoms with van der Waals surface area (Å²) in [6.07, 6.45) is 2.61. The Morgan fingerprint density at radius 1 is 1.55 bits per heavy atom. The van der Waals surface area contributed by atoms with Crippen LogP contribution in [-0.2, 0) is 5.60 Å². The van der Waals surface area contributed by atoms with Gasteiger partial charge in [0.25, 0.3) is 0 Å². The number of halogens is 1. The molecular formula is C14H18FN3O2. The highest BCUT2D eigenvalue weighted by Crippen LogP contribution is 2.33. The maximum atomic E-state index is 13.7. The molecule has 1 saturated carbocycles. The van der Waals surface area contributed by atoms with Gasteiger partial charge in [0.05, 0.1) is 18.8 Å². The second kappa shape index (κ2) is 6.11. The molecule has 0 spiro atoms. The molecule has 0 saturated heterocycles. The van der Waals surface area contributed by atoms with Crippen LogP contribution in [0.2, 0.25) is 0 Å². The van der Waals surface area contributed by atoms with Crippen molar-refractivity contribution >= 4 is 0 Å². The smallest absolute Gasteiger partial charge is 0.165 e. The van der Waals surface area contributed by atoms with Crippen LogP contribution in [0.4, 0.5) is 4.39 Å². The SMILES string of the molecule is CC[C@](O)(CN=[N+]=[N-])c1ccc(F)c(OCC2CC2)c1. The average molecular weight is 279 g/mol. The summed E-state index contributed by atoms with van der Waals surface area (Å²) in [4.78, 5) is 2.66. The van der Waals surface area contributed by atoms with E-state index < -0.39 is 11.4 Å². The van der Waals surface area contributed by atoms with Crippen LogP contribution in [0.3, 0.4) is 0 Å². The van der Waals surface area contributed by atoms with Crippen LogP contribution >= 0.6 is 0 Å². The van der Waals surface area contributed by atoms with Crippen molar-refractivity contribution in [2.45, 2.75) is 31.8 Å². The number of aliphatic hydroxyl groups is 1. The number of rotatable bonds is 7. The number of hydrogen-bond donors (Lipinski definition) is 1. The number of nitrogens with zero attached hydrogens (tertiary/aromatic N) is 3. The Hall–Kier alpha value is -1.78. The van der Waals surface area contributed by atoms with Crippen molar-refractivity contribution in [1.29, 1.82) is 0 Å². The van der Waals surface area contributed by atoms with E-state index in [0.29, 0.717) is 24.5 Å². The Bertz CT molecular complexity index is 527. The lowest BCUT2D eigenvalue weighted by molar-refractivity contribution is 0.0416. The molecule has 0 heterocycles. The van der Waals surface area contributed by atoms with E-state index in [0.717, 1.165) is 12.8 Å². The molecule has 1 atom stereocenters. The zero-order chi connectivity index (χ0) is 14.6. The highest BCUT2D eigenvalue weighted by Gasteiger charge is 2.28. The second-order valence-corrected chi connectivity index (χ2v) is 5.17. The van der Waals surface area contributed by atoms with Gasteiger partial charge in [0.15, 0.2) is 11.6 Å². The maximum Gasteiger partial charge on any atom is 0.165 e. The third-order valence-corrected chi connectivity index (χ3v) is 3.62. The Morgan fingerprint density at radius 3 is 2.90 bits per heavy atom. The van der Waals surface area contributed by atoms with E-state index in [9.17, 15) is 9.50 Å². The van der Waals surface area contributed by atoms with Gasteiger partial charge < -0.3 is 9.84 Å². The highest BCUT2D eigenvalue weighted by atomic mass is 19.1. The number of azide groups is 1. The molecular weight excluding hydrogens is 261 g/mol. The van der Waals surface area contributed by atoms with Crippen molar-refractivity contribution in [2.24, 2.45) is 11.0 Å². The molecule has 1 fully saturated rings. The summed E-state index contributed by atoms with van der Waals surface area (Å²) in [7, 11) is 0. The standard InChI is InChI=1S/C14H18FN3O2/c1-2-14(19,9-17-18-16)11-5-6-12(15)13(7-11)20-8-10-3-4-10/h5-7,10,19H,2-4,8-9H2,1H3/t14-/m0/s1. The fourth-order valence-corrected chi connectivity index (χ4v) is 1.95. The van der Waals surface area contributed by atoms with Crippen molar-refractivity contribution in [3.63, 3.8) is 0 Å². The summed E-state index contributed by atoms with van der Waals surface area (Å²) >= 11 is 0. The summed E-state index contributed by atoms with van der Waals surface area (Å²) in [6.45, 7) is 2.19. The zero-order valence-electron chi connectivity index (χ0n) is 11.4. The Balaban J connectivity index is 2.20. The van der Waals surface area contributed by atoms with Crippen molar-refractivity contribution < 1.29 is 14.2 Å². The van der Waals surface area contributed by atoms with Gasteiger partial charge in [-0.2, -0.15) is 0 Å². The molecule has 20 heavy (non-hydrogen) atoms. The van der Waals surface area contributed by atoms with Gasteiger partial charge in [-0.15, -0.1) is 0 Å². The van der Waals surface area contributed by atoms with E-state index in [1.807, 2.05) is 0 Å². The molecule has 1 aromatic rings. The van der Waals surface area contributed by atoms with E-state index in [1.165, 1.54) is 18.2 Å². The first-order valence-corrected chi connectivity index (χ1v) is 6.75. The van der Waals surface area contributed by atoms with E-state index in [-0.39, 0.29) is 12.3 Å². The van der Waals surface area contributed by atoms with Crippen LogP contribution in [-0.4, -0.2) is 18.3 Å². The first-order chi connectivity index (χ1) is 9.59. The Labute approximate surface area is 117 Å². The van der Waals surface area contributed by atoms with Gasteiger partial charge >= 0.3 is 0 Å². The minimum Gasteiger partial charge on any atom is -0.490 e. The predicted octanol–water partition coefficient (Wildman–Crippen LogP) is 3.52. The van der Waals surface area contributed by atoms with Crippen LogP contribution in [0, 0.1) is 11.7 Å². The molecule has 6 heteroatoms. The van der Waals surface area contributed by atoms with Crippen molar-refractivity contribution in [2.75, 3.05) is 13.2 Å². The molecule has 1 aromatic carbocycles. The van der Waals surface area contributed by atoms with Crippen molar-refractivity contribution in [3.8, 4) is 5.75 Å². The van der Waals surface area contributed by atoms with Crippen LogP contribution in [0.15, 0.2) is 23.3 Å². The summed E-state index contributed by atoms with van der Waals surface area (Å²) in [5.41, 5.74) is 7.59. The quantitative estimate of drug-likeness (QED) is 0.471. The van der Waals surface area contributed by atoms with Crippen LogP contribution < -0.4 is 4.74 Å². The molecule has 0 aliphatic heterocycles. The second-order valence-electron chi connectivity index (χ2n) is 5.17. The molecule has 0 amide bonds. The fourth-order valence-electron chi connectivity index (χ4n) is 1.95. The first kappa shape index (κ1) is 14.6. The summed E-state index contributed by atoms with van der Waals surface area (Å²) < 4.78 is 19.2. The molecule has 0 aromatic heterocycles. The molecule has 108 valence electrons.